The van der Waals surface area contributed by atoms with E-state index in [4.69, 9.17) is 5.11 Å². The van der Waals surface area contributed by atoms with Crippen molar-refractivity contribution in [1.29, 1.82) is 0 Å². The first-order valence-electron chi connectivity index (χ1n) is 6.46. The molecule has 1 fully saturated rings. The molecule has 0 aromatic carbocycles. The Kier molecular flexibility index (Phi) is 3.09. The number of carbonyl (C=O) groups excluding carboxylic acids is 1. The molecule has 2 N–H and O–H groups in total. The number of hydrogen-bond donors (Lipinski definition) is 2. The van der Waals surface area contributed by atoms with Gasteiger partial charge in [0, 0.05) is 18.4 Å². The molecule has 0 saturated heterocycles. The minimum absolute atomic E-state index is 0.0878. The highest BCUT2D eigenvalue weighted by molar-refractivity contribution is 6.00. The molecule has 7 nitrogen and oxygen atoms in total. The number of fused-ring (bicyclic) bond motifs is 1. The first kappa shape index (κ1) is 12.6. The summed E-state index contributed by atoms with van der Waals surface area (Å²) >= 11 is 0. The van der Waals surface area contributed by atoms with E-state index in [9.17, 15) is 9.59 Å². The summed E-state index contributed by atoms with van der Waals surface area (Å²) in [5.74, 6) is -1.38. The third-order valence-corrected chi connectivity index (χ3v) is 3.69. The smallest absolute Gasteiger partial charge is 0.306 e. The van der Waals surface area contributed by atoms with E-state index in [2.05, 4.69) is 15.4 Å². The van der Waals surface area contributed by atoms with Crippen molar-refractivity contribution in [2.24, 2.45) is 5.92 Å². The third-order valence-electron chi connectivity index (χ3n) is 3.69. The molecule has 2 aromatic rings. The van der Waals surface area contributed by atoms with E-state index in [1.165, 1.54) is 6.20 Å². The Hall–Kier alpha value is -2.44. The molecule has 104 valence electrons. The molecule has 7 heteroatoms. The van der Waals surface area contributed by atoms with Crippen LogP contribution in [-0.4, -0.2) is 37.6 Å². The second-order valence-electron chi connectivity index (χ2n) is 4.98. The highest BCUT2D eigenvalue weighted by atomic mass is 16.4. The molecule has 2 atom stereocenters. The van der Waals surface area contributed by atoms with Crippen molar-refractivity contribution in [2.75, 3.05) is 0 Å². The Morgan fingerprint density at radius 2 is 2.20 bits per heavy atom. The van der Waals surface area contributed by atoms with E-state index in [1.54, 1.807) is 23.1 Å². The molecule has 1 aliphatic carbocycles. The lowest BCUT2D eigenvalue weighted by molar-refractivity contribution is -0.141. The Morgan fingerprint density at radius 1 is 1.35 bits per heavy atom. The third kappa shape index (κ3) is 2.22. The second-order valence-corrected chi connectivity index (χ2v) is 4.98. The average molecular weight is 274 g/mol. The SMILES string of the molecule is O=C(NC1CCC(C(=O)O)C1)c1cnn2ccncc12. The maximum Gasteiger partial charge on any atom is 0.306 e. The van der Waals surface area contributed by atoms with Crippen LogP contribution in [0.4, 0.5) is 0 Å². The maximum atomic E-state index is 12.2. The number of nitrogens with zero attached hydrogens (tertiary/aromatic N) is 3. The zero-order valence-corrected chi connectivity index (χ0v) is 10.7. The summed E-state index contributed by atoms with van der Waals surface area (Å²) in [7, 11) is 0. The van der Waals surface area contributed by atoms with Gasteiger partial charge in [-0.2, -0.15) is 5.10 Å². The van der Waals surface area contributed by atoms with Crippen LogP contribution in [0.2, 0.25) is 0 Å². The van der Waals surface area contributed by atoms with Crippen molar-refractivity contribution in [3.8, 4) is 0 Å². The lowest BCUT2D eigenvalue weighted by Crippen LogP contribution is -2.33. The number of carboxylic acid groups (broad SMARTS) is 1. The van der Waals surface area contributed by atoms with Crippen LogP contribution in [0.25, 0.3) is 5.52 Å². The number of amides is 1. The van der Waals surface area contributed by atoms with Crippen molar-refractivity contribution < 1.29 is 14.7 Å². The number of carbonyl (C=O) groups is 2. The second kappa shape index (κ2) is 4.92. The number of aliphatic carboxylic acids is 1. The summed E-state index contributed by atoms with van der Waals surface area (Å²) in [5, 5.41) is 15.9. The molecule has 3 rings (SSSR count). The summed E-state index contributed by atoms with van der Waals surface area (Å²) in [6, 6.07) is -0.0878. The van der Waals surface area contributed by atoms with Crippen LogP contribution in [-0.2, 0) is 4.79 Å². The lowest BCUT2D eigenvalue weighted by atomic mass is 10.1. The van der Waals surface area contributed by atoms with E-state index in [1.807, 2.05) is 0 Å². The van der Waals surface area contributed by atoms with Gasteiger partial charge in [-0.25, -0.2) is 4.52 Å². The first-order valence-corrected chi connectivity index (χ1v) is 6.46. The predicted octanol–water partition coefficient (Wildman–Crippen LogP) is 0.712. The van der Waals surface area contributed by atoms with Crippen LogP contribution in [0.1, 0.15) is 29.6 Å². The molecule has 0 aliphatic heterocycles. The van der Waals surface area contributed by atoms with Gasteiger partial charge in [-0.3, -0.25) is 14.6 Å². The van der Waals surface area contributed by atoms with Crippen LogP contribution in [0, 0.1) is 5.92 Å². The van der Waals surface area contributed by atoms with E-state index >= 15 is 0 Å². The molecule has 20 heavy (non-hydrogen) atoms. The highest BCUT2D eigenvalue weighted by Gasteiger charge is 2.31. The number of hydrogen-bond acceptors (Lipinski definition) is 4. The number of carboxylic acids is 1. The quantitative estimate of drug-likeness (QED) is 0.859. The maximum absolute atomic E-state index is 12.2. The van der Waals surface area contributed by atoms with E-state index in [-0.39, 0.29) is 17.9 Å². The normalized spacial score (nSPS) is 22.0. The van der Waals surface area contributed by atoms with Crippen LogP contribution in [0.5, 0.6) is 0 Å². The van der Waals surface area contributed by atoms with Gasteiger partial charge in [-0.1, -0.05) is 0 Å². The lowest BCUT2D eigenvalue weighted by Gasteiger charge is -2.11. The molecule has 2 aromatic heterocycles. The van der Waals surface area contributed by atoms with Gasteiger partial charge in [0.1, 0.15) is 0 Å². The topological polar surface area (TPSA) is 96.6 Å². The number of aromatic nitrogens is 3. The Morgan fingerprint density at radius 3 is 2.95 bits per heavy atom. The molecule has 2 heterocycles. The standard InChI is InChI=1S/C13H14N4O3/c18-12(16-9-2-1-8(5-9)13(19)20)10-6-15-17-4-3-14-7-11(10)17/h3-4,6-9H,1-2,5H2,(H,16,18)(H,19,20). The van der Waals surface area contributed by atoms with Crippen molar-refractivity contribution in [3.05, 3.63) is 30.4 Å². The van der Waals surface area contributed by atoms with Crippen LogP contribution in [0.3, 0.4) is 0 Å². The zero-order chi connectivity index (χ0) is 14.1. The van der Waals surface area contributed by atoms with Crippen LogP contribution < -0.4 is 5.32 Å². The summed E-state index contributed by atoms with van der Waals surface area (Å²) in [6.07, 6.45) is 8.13. The molecular formula is C13H14N4O3. The van der Waals surface area contributed by atoms with Gasteiger partial charge in [0.05, 0.1) is 29.4 Å². The van der Waals surface area contributed by atoms with E-state index < -0.39 is 5.97 Å². The molecule has 0 bridgehead atoms. The molecular weight excluding hydrogens is 260 g/mol. The van der Waals surface area contributed by atoms with Crippen LogP contribution >= 0.6 is 0 Å². The molecule has 1 aliphatic rings. The summed E-state index contributed by atoms with van der Waals surface area (Å²) in [6.45, 7) is 0. The van der Waals surface area contributed by atoms with Gasteiger partial charge in [0.2, 0.25) is 0 Å². The van der Waals surface area contributed by atoms with Crippen molar-refractivity contribution >= 4 is 17.4 Å². The Bertz CT molecular complexity index is 666. The fraction of sp³-hybridized carbons (Fsp3) is 0.385. The number of rotatable bonds is 3. The Labute approximate surface area is 114 Å². The zero-order valence-electron chi connectivity index (χ0n) is 10.7. The monoisotopic (exact) mass is 274 g/mol. The summed E-state index contributed by atoms with van der Waals surface area (Å²) in [5.41, 5.74) is 1.09. The van der Waals surface area contributed by atoms with E-state index in [0.717, 1.165) is 0 Å². The van der Waals surface area contributed by atoms with Gasteiger partial charge in [0.15, 0.2) is 0 Å². The first-order chi connectivity index (χ1) is 9.65. The minimum atomic E-state index is -0.790. The molecule has 0 spiro atoms. The van der Waals surface area contributed by atoms with Crippen LogP contribution in [0.15, 0.2) is 24.8 Å². The largest absolute Gasteiger partial charge is 0.481 e. The highest BCUT2D eigenvalue weighted by Crippen LogP contribution is 2.26. The predicted molar refractivity (Wildman–Crippen MR) is 69.2 cm³/mol. The van der Waals surface area contributed by atoms with Gasteiger partial charge >= 0.3 is 5.97 Å². The molecule has 2 unspecified atom stereocenters. The van der Waals surface area contributed by atoms with Crippen molar-refractivity contribution in [1.82, 2.24) is 19.9 Å². The Balaban J connectivity index is 1.73. The van der Waals surface area contributed by atoms with Crippen molar-refractivity contribution in [3.63, 3.8) is 0 Å². The average Bonchev–Trinajstić information content (AvgIpc) is 3.04. The molecule has 1 saturated carbocycles. The van der Waals surface area contributed by atoms with Crippen molar-refractivity contribution in [2.45, 2.75) is 25.3 Å². The molecule has 1 amide bonds. The summed E-state index contributed by atoms with van der Waals surface area (Å²) in [4.78, 5) is 27.1. The number of nitrogens with one attached hydrogen (secondary N) is 1. The van der Waals surface area contributed by atoms with E-state index in [0.29, 0.717) is 30.3 Å². The van der Waals surface area contributed by atoms with Gasteiger partial charge in [-0.15, -0.1) is 0 Å². The fourth-order valence-corrected chi connectivity index (χ4v) is 2.61. The van der Waals surface area contributed by atoms with Gasteiger partial charge in [-0.05, 0) is 19.3 Å². The molecule has 0 radical (unpaired) electrons. The summed E-state index contributed by atoms with van der Waals surface area (Å²) < 4.78 is 1.58. The fourth-order valence-electron chi connectivity index (χ4n) is 2.61. The van der Waals surface area contributed by atoms with Gasteiger partial charge in [0.25, 0.3) is 5.91 Å². The minimum Gasteiger partial charge on any atom is -0.481 e. The van der Waals surface area contributed by atoms with Gasteiger partial charge < -0.3 is 10.4 Å².